The summed E-state index contributed by atoms with van der Waals surface area (Å²) in [7, 11) is -2.98. The third kappa shape index (κ3) is 2.90. The zero-order chi connectivity index (χ0) is 12.5. The van der Waals surface area contributed by atoms with Gasteiger partial charge in [-0.3, -0.25) is 4.99 Å². The zero-order valence-corrected chi connectivity index (χ0v) is 11.1. The van der Waals surface area contributed by atoms with Gasteiger partial charge in [-0.2, -0.15) is 0 Å². The van der Waals surface area contributed by atoms with Crippen LogP contribution in [-0.2, 0) is 10.0 Å². The van der Waals surface area contributed by atoms with Crippen LogP contribution in [0.2, 0.25) is 0 Å². The van der Waals surface area contributed by atoms with Crippen molar-refractivity contribution in [2.45, 2.75) is 19.9 Å². The van der Waals surface area contributed by atoms with Gasteiger partial charge in [0.2, 0.25) is 10.0 Å². The van der Waals surface area contributed by atoms with Crippen molar-refractivity contribution in [2.24, 2.45) is 10.9 Å². The van der Waals surface area contributed by atoms with E-state index in [0.29, 0.717) is 25.0 Å². The summed E-state index contributed by atoms with van der Waals surface area (Å²) >= 11 is 0. The number of hydrogen-bond donors (Lipinski definition) is 2. The van der Waals surface area contributed by atoms with Crippen LogP contribution in [0.5, 0.6) is 0 Å². The number of aliphatic imine (C=N–C) groups is 1. The quantitative estimate of drug-likeness (QED) is 0.694. The minimum atomic E-state index is -2.98. The molecule has 0 aromatic rings. The Labute approximate surface area is 103 Å². The summed E-state index contributed by atoms with van der Waals surface area (Å²) in [6.45, 7) is 6.62. The number of hydrogen-bond acceptors (Lipinski definition) is 5. The van der Waals surface area contributed by atoms with Crippen LogP contribution in [0.1, 0.15) is 13.8 Å². The molecule has 1 atom stereocenters. The summed E-state index contributed by atoms with van der Waals surface area (Å²) in [6.07, 6.45) is 0. The predicted molar refractivity (Wildman–Crippen MR) is 67.4 cm³/mol. The van der Waals surface area contributed by atoms with Crippen molar-refractivity contribution in [3.63, 3.8) is 0 Å². The van der Waals surface area contributed by atoms with Gasteiger partial charge < -0.3 is 10.6 Å². The Kier molecular flexibility index (Phi) is 3.58. The lowest BCUT2D eigenvalue weighted by atomic mass is 10.0. The van der Waals surface area contributed by atoms with Crippen LogP contribution >= 0.6 is 0 Å². The van der Waals surface area contributed by atoms with E-state index in [4.69, 9.17) is 0 Å². The fourth-order valence-corrected chi connectivity index (χ4v) is 3.20. The van der Waals surface area contributed by atoms with E-state index >= 15 is 0 Å². The molecular formula is C10H20N4O2S. The van der Waals surface area contributed by atoms with E-state index in [1.807, 2.05) is 0 Å². The van der Waals surface area contributed by atoms with Crippen LogP contribution in [0.4, 0.5) is 0 Å². The minimum absolute atomic E-state index is 0.193. The summed E-state index contributed by atoms with van der Waals surface area (Å²) in [4.78, 5) is 4.29. The molecule has 0 aliphatic carbocycles. The molecule has 1 fully saturated rings. The van der Waals surface area contributed by atoms with Gasteiger partial charge in [-0.25, -0.2) is 12.7 Å². The minimum Gasteiger partial charge on any atom is -0.356 e. The molecule has 98 valence electrons. The summed E-state index contributed by atoms with van der Waals surface area (Å²) in [5.41, 5.74) is 0. The average molecular weight is 260 g/mol. The summed E-state index contributed by atoms with van der Waals surface area (Å²) in [5, 5.41) is 6.44. The molecule has 0 amide bonds. The van der Waals surface area contributed by atoms with Crippen molar-refractivity contribution in [1.29, 1.82) is 0 Å². The van der Waals surface area contributed by atoms with Crippen molar-refractivity contribution in [3.8, 4) is 0 Å². The molecular weight excluding hydrogens is 240 g/mol. The Morgan fingerprint density at radius 2 is 2.24 bits per heavy atom. The second-order valence-corrected chi connectivity index (χ2v) is 6.96. The second kappa shape index (κ2) is 4.81. The predicted octanol–water partition coefficient (Wildman–Crippen LogP) is -0.795. The molecule has 1 unspecified atom stereocenters. The Hall–Kier alpha value is -0.820. The number of sulfonamides is 1. The van der Waals surface area contributed by atoms with Crippen molar-refractivity contribution in [1.82, 2.24) is 14.9 Å². The molecule has 1 saturated heterocycles. The highest BCUT2D eigenvalue weighted by atomic mass is 32.2. The van der Waals surface area contributed by atoms with Gasteiger partial charge in [-0.1, -0.05) is 0 Å². The first kappa shape index (κ1) is 12.6. The van der Waals surface area contributed by atoms with Crippen LogP contribution in [0.25, 0.3) is 0 Å². The molecule has 2 rings (SSSR count). The van der Waals surface area contributed by atoms with E-state index in [0.717, 1.165) is 19.0 Å². The second-order valence-electron chi connectivity index (χ2n) is 4.70. The van der Waals surface area contributed by atoms with Gasteiger partial charge in [0.15, 0.2) is 5.96 Å². The zero-order valence-electron chi connectivity index (χ0n) is 10.3. The van der Waals surface area contributed by atoms with Crippen LogP contribution < -0.4 is 10.6 Å². The molecule has 2 N–H and O–H groups in total. The Balaban J connectivity index is 1.68. The van der Waals surface area contributed by atoms with Gasteiger partial charge in [-0.05, 0) is 13.8 Å². The summed E-state index contributed by atoms with van der Waals surface area (Å²) in [6, 6.07) is 0.399. The molecule has 2 heterocycles. The normalized spacial score (nSPS) is 26.2. The standard InChI is InChI=1S/C10H20N4O2S/c1-3-17(15,16)14-6-9(7-14)5-12-10-11-4-8(2)13-10/h8-9H,3-7H2,1-2H3,(H2,11,12,13). The van der Waals surface area contributed by atoms with Gasteiger partial charge in [-0.15, -0.1) is 0 Å². The Bertz CT molecular complexity index is 401. The molecule has 17 heavy (non-hydrogen) atoms. The van der Waals surface area contributed by atoms with Crippen molar-refractivity contribution in [2.75, 3.05) is 31.9 Å². The third-order valence-electron chi connectivity index (χ3n) is 3.15. The maximum atomic E-state index is 11.5. The first-order valence-electron chi connectivity index (χ1n) is 6.04. The van der Waals surface area contributed by atoms with Crippen LogP contribution in [0.15, 0.2) is 4.99 Å². The maximum Gasteiger partial charge on any atom is 0.213 e. The highest BCUT2D eigenvalue weighted by Crippen LogP contribution is 2.18. The SMILES string of the molecule is CCS(=O)(=O)N1CC(CNC2=NCC(C)N2)C1. The maximum absolute atomic E-state index is 11.5. The van der Waals surface area contributed by atoms with Crippen LogP contribution in [-0.4, -0.2) is 56.7 Å². The largest absolute Gasteiger partial charge is 0.356 e. The highest BCUT2D eigenvalue weighted by molar-refractivity contribution is 7.89. The van der Waals surface area contributed by atoms with Crippen LogP contribution in [0.3, 0.4) is 0 Å². The smallest absolute Gasteiger partial charge is 0.213 e. The Morgan fingerprint density at radius 3 is 2.76 bits per heavy atom. The molecule has 2 aliphatic heterocycles. The molecule has 0 bridgehead atoms. The van der Waals surface area contributed by atoms with E-state index in [1.54, 1.807) is 11.2 Å². The Morgan fingerprint density at radius 1 is 1.53 bits per heavy atom. The molecule has 0 aromatic carbocycles. The lowest BCUT2D eigenvalue weighted by Crippen LogP contribution is -2.54. The number of nitrogens with one attached hydrogen (secondary N) is 2. The van der Waals surface area contributed by atoms with E-state index in [-0.39, 0.29) is 5.75 Å². The fraction of sp³-hybridized carbons (Fsp3) is 0.900. The first-order chi connectivity index (χ1) is 8.01. The van der Waals surface area contributed by atoms with E-state index in [9.17, 15) is 8.42 Å². The first-order valence-corrected chi connectivity index (χ1v) is 7.65. The topological polar surface area (TPSA) is 73.8 Å². The lowest BCUT2D eigenvalue weighted by molar-refractivity contribution is 0.202. The van der Waals surface area contributed by atoms with E-state index < -0.39 is 10.0 Å². The van der Waals surface area contributed by atoms with Crippen molar-refractivity contribution >= 4 is 16.0 Å². The molecule has 0 aromatic heterocycles. The van der Waals surface area contributed by atoms with Crippen LogP contribution in [0, 0.1) is 5.92 Å². The fourth-order valence-electron chi connectivity index (χ4n) is 1.96. The van der Waals surface area contributed by atoms with Crippen molar-refractivity contribution < 1.29 is 8.42 Å². The van der Waals surface area contributed by atoms with Crippen molar-refractivity contribution in [3.05, 3.63) is 0 Å². The monoisotopic (exact) mass is 260 g/mol. The number of rotatable bonds is 4. The summed E-state index contributed by atoms with van der Waals surface area (Å²) < 4.78 is 24.5. The highest BCUT2D eigenvalue weighted by Gasteiger charge is 2.34. The number of nitrogens with zero attached hydrogens (tertiary/aromatic N) is 2. The van der Waals surface area contributed by atoms with Gasteiger partial charge in [0.25, 0.3) is 0 Å². The molecule has 0 radical (unpaired) electrons. The molecule has 6 nitrogen and oxygen atoms in total. The molecule has 2 aliphatic rings. The van der Waals surface area contributed by atoms with E-state index in [1.165, 1.54) is 0 Å². The molecule has 0 saturated carbocycles. The van der Waals surface area contributed by atoms with Gasteiger partial charge in [0.05, 0.1) is 12.3 Å². The lowest BCUT2D eigenvalue weighted by Gasteiger charge is -2.38. The summed E-state index contributed by atoms with van der Waals surface area (Å²) in [5.74, 6) is 1.44. The van der Waals surface area contributed by atoms with Gasteiger partial charge >= 0.3 is 0 Å². The molecule has 0 spiro atoms. The molecule has 7 heteroatoms. The third-order valence-corrected chi connectivity index (χ3v) is 4.96. The van der Waals surface area contributed by atoms with Gasteiger partial charge in [0.1, 0.15) is 0 Å². The average Bonchev–Trinajstić information content (AvgIpc) is 2.61. The van der Waals surface area contributed by atoms with Gasteiger partial charge in [0, 0.05) is 31.6 Å². The van der Waals surface area contributed by atoms with E-state index in [2.05, 4.69) is 22.5 Å². The number of guanidine groups is 1.